The SMILES string of the molecule is CCOc1ccccc1N1CCN(C(=O)c2ccc3c(c2)n(C)c(=O)c2ccnn23)CC1. The fraction of sp³-hybridized carbons (Fsp3) is 0.292. The van der Waals surface area contributed by atoms with Gasteiger partial charge in [-0.1, -0.05) is 12.1 Å². The van der Waals surface area contributed by atoms with Crippen LogP contribution in [0, 0.1) is 0 Å². The van der Waals surface area contributed by atoms with Crippen molar-refractivity contribution >= 4 is 28.1 Å². The van der Waals surface area contributed by atoms with E-state index in [4.69, 9.17) is 4.74 Å². The third kappa shape index (κ3) is 3.28. The molecule has 1 aliphatic rings. The Bertz CT molecular complexity index is 1370. The largest absolute Gasteiger partial charge is 0.492 e. The second-order valence-electron chi connectivity index (χ2n) is 7.88. The number of aryl methyl sites for hydroxylation is 1. The van der Waals surface area contributed by atoms with Crippen LogP contribution in [0.3, 0.4) is 0 Å². The second-order valence-corrected chi connectivity index (χ2v) is 7.88. The highest BCUT2D eigenvalue weighted by Crippen LogP contribution is 2.29. The second kappa shape index (κ2) is 8.03. The zero-order valence-electron chi connectivity index (χ0n) is 18.2. The monoisotopic (exact) mass is 431 g/mol. The molecule has 0 radical (unpaired) electrons. The van der Waals surface area contributed by atoms with Crippen molar-refractivity contribution in [3.05, 3.63) is 70.6 Å². The van der Waals surface area contributed by atoms with Crippen LogP contribution in [0.4, 0.5) is 5.69 Å². The number of aromatic nitrogens is 3. The van der Waals surface area contributed by atoms with Crippen LogP contribution in [0.15, 0.2) is 59.5 Å². The Morgan fingerprint density at radius 3 is 2.56 bits per heavy atom. The molecule has 2 aromatic carbocycles. The lowest BCUT2D eigenvalue weighted by atomic mass is 10.1. The van der Waals surface area contributed by atoms with Gasteiger partial charge in [0.15, 0.2) is 0 Å². The molecule has 164 valence electrons. The van der Waals surface area contributed by atoms with Crippen molar-refractivity contribution < 1.29 is 9.53 Å². The average Bonchev–Trinajstić information content (AvgIpc) is 3.33. The number of fused-ring (bicyclic) bond motifs is 3. The average molecular weight is 431 g/mol. The molecule has 1 fully saturated rings. The van der Waals surface area contributed by atoms with Crippen molar-refractivity contribution in [1.29, 1.82) is 0 Å². The van der Waals surface area contributed by atoms with Gasteiger partial charge in [0.2, 0.25) is 0 Å². The predicted octanol–water partition coefficient (Wildman–Crippen LogP) is 2.55. The molecule has 0 spiro atoms. The standard InChI is InChI=1S/C24H25N5O3/c1-3-32-22-7-5-4-6-19(22)27-12-14-28(15-13-27)23(30)17-8-9-18-21(16-17)26(2)24(31)20-10-11-25-29(18)20/h4-11,16H,3,12-15H2,1-2H3. The molecule has 0 saturated carbocycles. The van der Waals surface area contributed by atoms with E-state index in [9.17, 15) is 9.59 Å². The van der Waals surface area contributed by atoms with Crippen LogP contribution in [0.5, 0.6) is 5.75 Å². The van der Waals surface area contributed by atoms with Gasteiger partial charge in [0.25, 0.3) is 11.5 Å². The van der Waals surface area contributed by atoms with Gasteiger partial charge in [0.05, 0.1) is 29.5 Å². The number of amides is 1. The minimum absolute atomic E-state index is 0.0299. The summed E-state index contributed by atoms with van der Waals surface area (Å²) in [6, 6.07) is 15.2. The van der Waals surface area contributed by atoms with Gasteiger partial charge in [-0.15, -0.1) is 0 Å². The number of benzene rings is 2. The zero-order valence-corrected chi connectivity index (χ0v) is 18.2. The first-order valence-electron chi connectivity index (χ1n) is 10.8. The Labute approximate surface area is 185 Å². The molecule has 1 amide bonds. The first-order valence-corrected chi connectivity index (χ1v) is 10.8. The smallest absolute Gasteiger partial charge is 0.276 e. The van der Waals surface area contributed by atoms with Gasteiger partial charge in [-0.05, 0) is 43.3 Å². The third-order valence-electron chi connectivity index (χ3n) is 6.05. The van der Waals surface area contributed by atoms with E-state index < -0.39 is 0 Å². The molecule has 3 heterocycles. The van der Waals surface area contributed by atoms with Crippen molar-refractivity contribution in [2.75, 3.05) is 37.7 Å². The quantitative estimate of drug-likeness (QED) is 0.497. The van der Waals surface area contributed by atoms with Crippen LogP contribution < -0.4 is 15.2 Å². The lowest BCUT2D eigenvalue weighted by molar-refractivity contribution is 0.0747. The van der Waals surface area contributed by atoms with Crippen molar-refractivity contribution in [2.45, 2.75) is 6.92 Å². The molecule has 0 N–H and O–H groups in total. The fourth-order valence-corrected chi connectivity index (χ4v) is 4.37. The molecule has 0 unspecified atom stereocenters. The van der Waals surface area contributed by atoms with Gasteiger partial charge in [-0.25, -0.2) is 4.52 Å². The van der Waals surface area contributed by atoms with E-state index in [2.05, 4.69) is 16.1 Å². The molecular formula is C24H25N5O3. The van der Waals surface area contributed by atoms with Crippen LogP contribution in [-0.4, -0.2) is 57.8 Å². The molecule has 32 heavy (non-hydrogen) atoms. The first kappa shape index (κ1) is 20.1. The van der Waals surface area contributed by atoms with Crippen molar-refractivity contribution in [2.24, 2.45) is 7.05 Å². The molecule has 5 rings (SSSR count). The summed E-state index contributed by atoms with van der Waals surface area (Å²) in [7, 11) is 1.72. The summed E-state index contributed by atoms with van der Waals surface area (Å²) >= 11 is 0. The minimum Gasteiger partial charge on any atom is -0.492 e. The molecule has 1 aliphatic heterocycles. The first-order chi connectivity index (χ1) is 15.6. The maximum atomic E-state index is 13.2. The summed E-state index contributed by atoms with van der Waals surface area (Å²) in [5.74, 6) is 0.841. The van der Waals surface area contributed by atoms with E-state index >= 15 is 0 Å². The van der Waals surface area contributed by atoms with E-state index in [1.807, 2.05) is 42.2 Å². The molecule has 0 atom stereocenters. The van der Waals surface area contributed by atoms with Crippen molar-refractivity contribution in [3.8, 4) is 5.75 Å². The predicted molar refractivity (Wildman–Crippen MR) is 124 cm³/mol. The van der Waals surface area contributed by atoms with E-state index in [0.717, 1.165) is 30.0 Å². The van der Waals surface area contributed by atoms with Crippen LogP contribution in [0.25, 0.3) is 16.6 Å². The molecule has 8 nitrogen and oxygen atoms in total. The van der Waals surface area contributed by atoms with E-state index in [1.165, 1.54) is 0 Å². The fourth-order valence-electron chi connectivity index (χ4n) is 4.37. The van der Waals surface area contributed by atoms with Crippen LogP contribution in [-0.2, 0) is 7.05 Å². The number of ether oxygens (including phenoxy) is 1. The molecule has 2 aromatic heterocycles. The molecule has 0 aliphatic carbocycles. The maximum Gasteiger partial charge on any atom is 0.276 e. The van der Waals surface area contributed by atoms with Gasteiger partial charge in [0.1, 0.15) is 11.3 Å². The lowest BCUT2D eigenvalue weighted by Crippen LogP contribution is -2.48. The number of carbonyl (C=O) groups is 1. The van der Waals surface area contributed by atoms with Crippen LogP contribution in [0.1, 0.15) is 17.3 Å². The Morgan fingerprint density at radius 1 is 1.00 bits per heavy atom. The molecule has 0 bridgehead atoms. The Balaban J connectivity index is 1.38. The molecule has 4 aromatic rings. The van der Waals surface area contributed by atoms with Gasteiger partial charge in [-0.2, -0.15) is 5.10 Å². The van der Waals surface area contributed by atoms with Crippen molar-refractivity contribution in [1.82, 2.24) is 19.1 Å². The number of piperazine rings is 1. The summed E-state index contributed by atoms with van der Waals surface area (Å²) in [5, 5.41) is 4.26. The van der Waals surface area contributed by atoms with Gasteiger partial charge < -0.3 is 19.1 Å². The zero-order chi connectivity index (χ0) is 22.2. The highest BCUT2D eigenvalue weighted by atomic mass is 16.5. The van der Waals surface area contributed by atoms with Gasteiger partial charge >= 0.3 is 0 Å². The number of carbonyl (C=O) groups excluding carboxylic acids is 1. The molecule has 8 heteroatoms. The van der Waals surface area contributed by atoms with Gasteiger partial charge in [-0.3, -0.25) is 9.59 Å². The topological polar surface area (TPSA) is 72.1 Å². The van der Waals surface area contributed by atoms with E-state index in [-0.39, 0.29) is 11.5 Å². The maximum absolute atomic E-state index is 13.2. The van der Waals surface area contributed by atoms with Gasteiger partial charge in [0, 0.05) is 38.8 Å². The summed E-state index contributed by atoms with van der Waals surface area (Å²) in [6.45, 7) is 5.30. The Hall–Kier alpha value is -3.81. The number of hydrogen-bond acceptors (Lipinski definition) is 5. The Morgan fingerprint density at radius 2 is 1.78 bits per heavy atom. The molecular weight excluding hydrogens is 406 g/mol. The summed E-state index contributed by atoms with van der Waals surface area (Å²) < 4.78 is 8.96. The number of anilines is 1. The van der Waals surface area contributed by atoms with Crippen LogP contribution >= 0.6 is 0 Å². The minimum atomic E-state index is -0.138. The summed E-state index contributed by atoms with van der Waals surface area (Å²) in [4.78, 5) is 30.0. The third-order valence-corrected chi connectivity index (χ3v) is 6.05. The lowest BCUT2D eigenvalue weighted by Gasteiger charge is -2.36. The summed E-state index contributed by atoms with van der Waals surface area (Å²) in [5.41, 5.74) is 3.48. The number of hydrogen-bond donors (Lipinski definition) is 0. The normalized spacial score (nSPS) is 14.3. The number of nitrogens with zero attached hydrogens (tertiary/aromatic N) is 5. The van der Waals surface area contributed by atoms with Crippen molar-refractivity contribution in [3.63, 3.8) is 0 Å². The van der Waals surface area contributed by atoms with E-state index in [1.54, 1.807) is 34.5 Å². The highest BCUT2D eigenvalue weighted by molar-refractivity contribution is 5.97. The van der Waals surface area contributed by atoms with E-state index in [0.29, 0.717) is 36.3 Å². The number of para-hydroxylation sites is 2. The number of rotatable bonds is 4. The Kier molecular flexibility index (Phi) is 5.05. The van der Waals surface area contributed by atoms with Crippen LogP contribution in [0.2, 0.25) is 0 Å². The molecule has 1 saturated heterocycles. The highest BCUT2D eigenvalue weighted by Gasteiger charge is 2.24. The summed E-state index contributed by atoms with van der Waals surface area (Å²) in [6.07, 6.45) is 1.61.